The van der Waals surface area contributed by atoms with E-state index >= 15 is 0 Å². The van der Waals surface area contributed by atoms with Crippen molar-refractivity contribution in [1.29, 1.82) is 0 Å². The van der Waals surface area contributed by atoms with Crippen molar-refractivity contribution >= 4 is 10.9 Å². The van der Waals surface area contributed by atoms with Crippen molar-refractivity contribution in [2.75, 3.05) is 27.4 Å². The Kier molecular flexibility index (Phi) is 7.62. The van der Waals surface area contributed by atoms with Crippen LogP contribution in [0.3, 0.4) is 0 Å². The van der Waals surface area contributed by atoms with Crippen molar-refractivity contribution in [1.82, 2.24) is 35.1 Å². The maximum atomic E-state index is 13.8. The fourth-order valence-electron chi connectivity index (χ4n) is 5.13. The molecule has 1 aromatic carbocycles. The maximum Gasteiger partial charge on any atom is 0.253 e. The molecular formula is C28H35N7O4. The van der Waals surface area contributed by atoms with Crippen LogP contribution in [-0.2, 0) is 16.8 Å². The number of ether oxygens (including phenoxy) is 3. The highest BCUT2D eigenvalue weighted by atomic mass is 16.5. The fourth-order valence-corrected chi connectivity index (χ4v) is 5.13. The highest BCUT2D eigenvalue weighted by Gasteiger charge is 2.35. The van der Waals surface area contributed by atoms with Crippen molar-refractivity contribution in [2.45, 2.75) is 57.8 Å². The number of fused-ring (bicyclic) bond motifs is 1. The number of benzene rings is 1. The van der Waals surface area contributed by atoms with Gasteiger partial charge in [-0.1, -0.05) is 6.07 Å². The van der Waals surface area contributed by atoms with Crippen LogP contribution in [0.2, 0.25) is 0 Å². The fraction of sp³-hybridized carbons (Fsp3) is 0.464. The van der Waals surface area contributed by atoms with E-state index in [4.69, 9.17) is 14.2 Å². The molecule has 3 aromatic heterocycles. The summed E-state index contributed by atoms with van der Waals surface area (Å²) in [7, 11) is 3.16. The van der Waals surface area contributed by atoms with E-state index < -0.39 is 11.6 Å². The molecule has 2 atom stereocenters. The molecule has 0 amide bonds. The van der Waals surface area contributed by atoms with Gasteiger partial charge in [0.2, 0.25) is 0 Å². The van der Waals surface area contributed by atoms with Crippen LogP contribution in [0.1, 0.15) is 56.6 Å². The minimum Gasteiger partial charge on any atom is -0.493 e. The molecule has 11 nitrogen and oxygen atoms in total. The molecule has 0 unspecified atom stereocenters. The molecule has 0 aliphatic carbocycles. The largest absolute Gasteiger partial charge is 0.493 e. The quantitative estimate of drug-likeness (QED) is 0.345. The summed E-state index contributed by atoms with van der Waals surface area (Å²) >= 11 is 0. The summed E-state index contributed by atoms with van der Waals surface area (Å²) in [5.41, 5.74) is 1.54. The van der Waals surface area contributed by atoms with Gasteiger partial charge in [-0.3, -0.25) is 14.7 Å². The van der Waals surface area contributed by atoms with Gasteiger partial charge in [0.25, 0.3) is 5.56 Å². The van der Waals surface area contributed by atoms with E-state index in [0.29, 0.717) is 41.5 Å². The second-order valence-electron chi connectivity index (χ2n) is 10.8. The zero-order valence-electron chi connectivity index (χ0n) is 23.0. The smallest absolute Gasteiger partial charge is 0.253 e. The Bertz CT molecular complexity index is 1470. The van der Waals surface area contributed by atoms with Crippen molar-refractivity contribution in [3.63, 3.8) is 0 Å². The van der Waals surface area contributed by atoms with Gasteiger partial charge in [0.1, 0.15) is 6.04 Å². The first-order chi connectivity index (χ1) is 18.8. The average Bonchev–Trinajstić information content (AvgIpc) is 3.61. The molecule has 0 radical (unpaired) electrons. The molecule has 1 aliphatic rings. The van der Waals surface area contributed by atoms with E-state index in [-0.39, 0.29) is 11.7 Å². The third-order valence-electron chi connectivity index (χ3n) is 6.98. The van der Waals surface area contributed by atoms with Crippen LogP contribution < -0.4 is 15.0 Å². The number of pyridine rings is 2. The molecule has 1 saturated heterocycles. The standard InChI is InChI=1S/C28H35N7O4/c1-28(2,3)35-26(31-32-33-35)25(34(17-20-9-7-11-39-20)16-18-8-6-10-29-15-18)21-12-19-13-23(37-4)24(38-5)14-22(19)30-27(21)36/h6,8,10,12-15,20,25H,7,9,11,16-17H2,1-5H3,(H,30,36)/t20-,25-/m0/s1. The van der Waals surface area contributed by atoms with Gasteiger partial charge in [-0.2, -0.15) is 0 Å². The summed E-state index contributed by atoms with van der Waals surface area (Å²) in [6, 6.07) is 8.91. The van der Waals surface area contributed by atoms with Crippen molar-refractivity contribution in [2.24, 2.45) is 0 Å². The minimum atomic E-state index is -0.565. The molecular weight excluding hydrogens is 498 g/mol. The van der Waals surface area contributed by atoms with E-state index in [9.17, 15) is 4.79 Å². The monoisotopic (exact) mass is 533 g/mol. The third kappa shape index (κ3) is 5.64. The lowest BCUT2D eigenvalue weighted by atomic mass is 10.00. The Hall–Kier alpha value is -3.83. The van der Waals surface area contributed by atoms with Gasteiger partial charge < -0.3 is 19.2 Å². The Morgan fingerprint density at radius 2 is 2.00 bits per heavy atom. The van der Waals surface area contributed by atoms with E-state index in [1.807, 2.05) is 51.2 Å². The van der Waals surface area contributed by atoms with E-state index in [1.54, 1.807) is 31.2 Å². The predicted octanol–water partition coefficient (Wildman–Crippen LogP) is 3.45. The van der Waals surface area contributed by atoms with Crippen LogP contribution in [0.5, 0.6) is 11.5 Å². The lowest BCUT2D eigenvalue weighted by Crippen LogP contribution is -2.40. The first-order valence-corrected chi connectivity index (χ1v) is 13.1. The van der Waals surface area contributed by atoms with Crippen LogP contribution in [0.4, 0.5) is 0 Å². The normalized spacial score (nSPS) is 16.6. The molecule has 0 spiro atoms. The molecule has 4 aromatic rings. The molecule has 39 heavy (non-hydrogen) atoms. The number of nitrogens with one attached hydrogen (secondary N) is 1. The average molecular weight is 534 g/mol. The van der Waals surface area contributed by atoms with Gasteiger partial charge in [-0.05, 0) is 67.8 Å². The van der Waals surface area contributed by atoms with Gasteiger partial charge in [-0.25, -0.2) is 4.68 Å². The number of methoxy groups -OCH3 is 2. The zero-order chi connectivity index (χ0) is 27.6. The second-order valence-corrected chi connectivity index (χ2v) is 10.8. The molecule has 5 rings (SSSR count). The van der Waals surface area contributed by atoms with Gasteiger partial charge in [-0.15, -0.1) is 5.10 Å². The van der Waals surface area contributed by atoms with Gasteiger partial charge in [0.15, 0.2) is 17.3 Å². The molecule has 4 heterocycles. The topological polar surface area (TPSA) is 120 Å². The van der Waals surface area contributed by atoms with Crippen molar-refractivity contribution in [3.8, 4) is 11.5 Å². The number of aromatic nitrogens is 6. The van der Waals surface area contributed by atoms with Gasteiger partial charge in [0, 0.05) is 49.1 Å². The number of nitrogens with zero attached hydrogens (tertiary/aromatic N) is 6. The SMILES string of the molecule is COc1cc2cc([C@@H](c3nnnn3C(C)(C)C)N(Cc3cccnc3)C[C@@H]3CCCO3)c(=O)[nH]c2cc1OC. The highest BCUT2D eigenvalue weighted by molar-refractivity contribution is 5.83. The number of hydrogen-bond acceptors (Lipinski definition) is 9. The van der Waals surface area contributed by atoms with Crippen LogP contribution in [0.25, 0.3) is 10.9 Å². The zero-order valence-corrected chi connectivity index (χ0v) is 23.0. The lowest BCUT2D eigenvalue weighted by molar-refractivity contribution is 0.0564. The van der Waals surface area contributed by atoms with Gasteiger partial charge in [0.05, 0.1) is 31.4 Å². The van der Waals surface area contributed by atoms with Crippen LogP contribution in [0.15, 0.2) is 47.5 Å². The number of rotatable bonds is 9. The summed E-state index contributed by atoms with van der Waals surface area (Å²) < 4.78 is 18.8. The predicted molar refractivity (Wildman–Crippen MR) is 146 cm³/mol. The Morgan fingerprint density at radius 3 is 2.67 bits per heavy atom. The minimum absolute atomic E-state index is 0.0343. The third-order valence-corrected chi connectivity index (χ3v) is 6.98. The Labute approximate surface area is 227 Å². The molecule has 0 bridgehead atoms. The van der Waals surface area contributed by atoms with Crippen LogP contribution in [-0.4, -0.2) is 68.6 Å². The molecule has 1 aliphatic heterocycles. The van der Waals surface area contributed by atoms with E-state index in [2.05, 4.69) is 30.4 Å². The Balaban J connectivity index is 1.71. The number of hydrogen-bond donors (Lipinski definition) is 1. The van der Waals surface area contributed by atoms with Crippen LogP contribution >= 0.6 is 0 Å². The molecule has 11 heteroatoms. The first-order valence-electron chi connectivity index (χ1n) is 13.1. The number of tetrazole rings is 1. The summed E-state index contributed by atoms with van der Waals surface area (Å²) in [5, 5.41) is 13.7. The van der Waals surface area contributed by atoms with E-state index in [0.717, 1.165) is 30.4 Å². The van der Waals surface area contributed by atoms with Crippen molar-refractivity contribution in [3.05, 3.63) is 70.0 Å². The molecule has 1 fully saturated rings. The molecule has 206 valence electrons. The maximum absolute atomic E-state index is 13.8. The first kappa shape index (κ1) is 26.8. The van der Waals surface area contributed by atoms with E-state index in [1.165, 1.54) is 0 Å². The molecule has 0 saturated carbocycles. The summed E-state index contributed by atoms with van der Waals surface area (Å²) in [6.07, 6.45) is 5.58. The second kappa shape index (κ2) is 11.1. The lowest BCUT2D eigenvalue weighted by Gasteiger charge is -2.34. The Morgan fingerprint density at radius 1 is 1.21 bits per heavy atom. The summed E-state index contributed by atoms with van der Waals surface area (Å²) in [4.78, 5) is 23.4. The molecule has 1 N–H and O–H groups in total. The summed E-state index contributed by atoms with van der Waals surface area (Å²) in [5.74, 6) is 1.69. The van der Waals surface area contributed by atoms with Crippen LogP contribution in [0, 0.1) is 0 Å². The summed E-state index contributed by atoms with van der Waals surface area (Å²) in [6.45, 7) is 7.97. The van der Waals surface area contributed by atoms with Crippen molar-refractivity contribution < 1.29 is 14.2 Å². The number of aromatic amines is 1. The van der Waals surface area contributed by atoms with Gasteiger partial charge >= 0.3 is 0 Å². The highest BCUT2D eigenvalue weighted by Crippen LogP contribution is 2.35. The number of H-pyrrole nitrogens is 1.